The van der Waals surface area contributed by atoms with Gasteiger partial charge in [-0.05, 0) is 45.6 Å². The number of aliphatic hydroxyl groups is 1. The average molecular weight is 319 g/mol. The van der Waals surface area contributed by atoms with Crippen LogP contribution in [0, 0.1) is 19.8 Å². The number of amides is 1. The molecule has 0 aromatic carbocycles. The molecule has 0 spiro atoms. The molecule has 6 heteroatoms. The second-order valence-electron chi connectivity index (χ2n) is 6.87. The Bertz CT molecular complexity index is 704. The molecule has 0 aliphatic heterocycles. The Morgan fingerprint density at radius 2 is 2.13 bits per heavy atom. The van der Waals surface area contributed by atoms with E-state index in [1.807, 2.05) is 0 Å². The van der Waals surface area contributed by atoms with Crippen LogP contribution in [0.2, 0.25) is 0 Å². The SMILES string of the molecule is Cc1cc(C(=O)NCC(C)(O)CCC(C)C)c2c(C)noc2n1. The van der Waals surface area contributed by atoms with E-state index >= 15 is 0 Å². The minimum absolute atomic E-state index is 0.200. The second-order valence-corrected chi connectivity index (χ2v) is 6.87. The summed E-state index contributed by atoms with van der Waals surface area (Å²) < 4.78 is 5.14. The Morgan fingerprint density at radius 3 is 2.78 bits per heavy atom. The van der Waals surface area contributed by atoms with Gasteiger partial charge >= 0.3 is 0 Å². The fourth-order valence-corrected chi connectivity index (χ4v) is 2.45. The van der Waals surface area contributed by atoms with Gasteiger partial charge in [0.15, 0.2) is 0 Å². The molecule has 0 aliphatic carbocycles. The van der Waals surface area contributed by atoms with Crippen molar-refractivity contribution in [3.8, 4) is 0 Å². The highest BCUT2D eigenvalue weighted by Gasteiger charge is 2.23. The first kappa shape index (κ1) is 17.4. The van der Waals surface area contributed by atoms with Crippen LogP contribution in [0.3, 0.4) is 0 Å². The number of hydrogen-bond acceptors (Lipinski definition) is 5. The number of carbonyl (C=O) groups is 1. The van der Waals surface area contributed by atoms with E-state index in [2.05, 4.69) is 29.3 Å². The number of fused-ring (bicyclic) bond motifs is 1. The highest BCUT2D eigenvalue weighted by molar-refractivity contribution is 6.06. The van der Waals surface area contributed by atoms with Gasteiger partial charge in [-0.15, -0.1) is 0 Å². The van der Waals surface area contributed by atoms with Crippen molar-refractivity contribution in [1.29, 1.82) is 0 Å². The smallest absolute Gasteiger partial charge is 0.258 e. The molecule has 1 atom stereocenters. The van der Waals surface area contributed by atoms with Crippen LogP contribution in [0.5, 0.6) is 0 Å². The van der Waals surface area contributed by atoms with E-state index in [-0.39, 0.29) is 12.5 Å². The molecule has 0 saturated carbocycles. The van der Waals surface area contributed by atoms with E-state index < -0.39 is 5.60 Å². The summed E-state index contributed by atoms with van der Waals surface area (Å²) in [6.07, 6.45) is 1.55. The maximum Gasteiger partial charge on any atom is 0.258 e. The zero-order valence-corrected chi connectivity index (χ0v) is 14.4. The molecule has 2 rings (SSSR count). The first-order valence-electron chi connectivity index (χ1n) is 7.94. The number of hydrogen-bond donors (Lipinski definition) is 2. The Morgan fingerprint density at radius 1 is 1.43 bits per heavy atom. The number of aryl methyl sites for hydroxylation is 2. The molecule has 0 fully saturated rings. The highest BCUT2D eigenvalue weighted by Crippen LogP contribution is 2.22. The van der Waals surface area contributed by atoms with E-state index in [0.29, 0.717) is 40.4 Å². The lowest BCUT2D eigenvalue weighted by Crippen LogP contribution is -2.40. The normalized spacial score (nSPS) is 14.2. The molecule has 0 saturated heterocycles. The monoisotopic (exact) mass is 319 g/mol. The Hall–Kier alpha value is -1.95. The third-order valence-corrected chi connectivity index (χ3v) is 3.88. The predicted octanol–water partition coefficient (Wildman–Crippen LogP) is 2.76. The van der Waals surface area contributed by atoms with Crippen molar-refractivity contribution in [2.45, 2.75) is 53.1 Å². The largest absolute Gasteiger partial charge is 0.388 e. The van der Waals surface area contributed by atoms with Crippen molar-refractivity contribution in [2.75, 3.05) is 6.54 Å². The van der Waals surface area contributed by atoms with Crippen LogP contribution in [0.1, 0.15) is 55.4 Å². The molecule has 2 N–H and O–H groups in total. The molecule has 1 amide bonds. The molecule has 0 radical (unpaired) electrons. The highest BCUT2D eigenvalue weighted by atomic mass is 16.5. The van der Waals surface area contributed by atoms with Crippen LogP contribution < -0.4 is 5.32 Å². The van der Waals surface area contributed by atoms with Gasteiger partial charge < -0.3 is 14.9 Å². The van der Waals surface area contributed by atoms with Crippen LogP contribution in [0.4, 0.5) is 0 Å². The van der Waals surface area contributed by atoms with Gasteiger partial charge in [0.2, 0.25) is 0 Å². The lowest BCUT2D eigenvalue weighted by Gasteiger charge is -2.24. The number of rotatable bonds is 6. The molecule has 1 unspecified atom stereocenters. The number of nitrogens with one attached hydrogen (secondary N) is 1. The minimum atomic E-state index is -0.926. The number of aromatic nitrogens is 2. The van der Waals surface area contributed by atoms with Crippen LogP contribution in [-0.4, -0.2) is 33.3 Å². The molecule has 23 heavy (non-hydrogen) atoms. The van der Waals surface area contributed by atoms with Gasteiger partial charge in [-0.25, -0.2) is 4.98 Å². The van der Waals surface area contributed by atoms with Crippen molar-refractivity contribution >= 4 is 17.0 Å². The van der Waals surface area contributed by atoms with Gasteiger partial charge in [0, 0.05) is 12.2 Å². The van der Waals surface area contributed by atoms with E-state index in [4.69, 9.17) is 4.52 Å². The second kappa shape index (κ2) is 6.66. The molecular weight excluding hydrogens is 294 g/mol. The van der Waals surface area contributed by atoms with Gasteiger partial charge in [0.05, 0.1) is 22.2 Å². The Kier molecular flexibility index (Phi) is 5.04. The summed E-state index contributed by atoms with van der Waals surface area (Å²) in [4.78, 5) is 16.8. The van der Waals surface area contributed by atoms with Gasteiger partial charge in [-0.1, -0.05) is 19.0 Å². The lowest BCUT2D eigenvalue weighted by atomic mass is 9.95. The summed E-state index contributed by atoms with van der Waals surface area (Å²) >= 11 is 0. The van der Waals surface area contributed by atoms with Crippen LogP contribution in [0.15, 0.2) is 10.6 Å². The van der Waals surface area contributed by atoms with Gasteiger partial charge in [-0.3, -0.25) is 4.79 Å². The summed E-state index contributed by atoms with van der Waals surface area (Å²) in [7, 11) is 0. The number of pyridine rings is 1. The van der Waals surface area contributed by atoms with E-state index in [9.17, 15) is 9.90 Å². The standard InChI is InChI=1S/C17H25N3O3/c1-10(2)6-7-17(5,22)9-18-15(21)13-8-11(3)19-16-14(13)12(4)20-23-16/h8,10,22H,6-7,9H2,1-5H3,(H,18,21). The van der Waals surface area contributed by atoms with Crippen molar-refractivity contribution in [3.05, 3.63) is 23.0 Å². The maximum absolute atomic E-state index is 12.5. The van der Waals surface area contributed by atoms with Gasteiger partial charge in [0.1, 0.15) is 0 Å². The molecule has 0 aliphatic rings. The summed E-state index contributed by atoms with van der Waals surface area (Å²) in [5.74, 6) is 0.260. The molecule has 2 aromatic rings. The van der Waals surface area contributed by atoms with Crippen molar-refractivity contribution in [2.24, 2.45) is 5.92 Å². The van der Waals surface area contributed by atoms with Crippen molar-refractivity contribution in [3.63, 3.8) is 0 Å². The number of nitrogens with zero attached hydrogens (tertiary/aromatic N) is 2. The molecule has 6 nitrogen and oxygen atoms in total. The summed E-state index contributed by atoms with van der Waals surface area (Å²) in [6.45, 7) is 9.74. The fourth-order valence-electron chi connectivity index (χ4n) is 2.45. The molecule has 0 bridgehead atoms. The van der Waals surface area contributed by atoms with Crippen molar-refractivity contribution in [1.82, 2.24) is 15.5 Å². The van der Waals surface area contributed by atoms with E-state index in [1.54, 1.807) is 26.8 Å². The van der Waals surface area contributed by atoms with Crippen LogP contribution >= 0.6 is 0 Å². The summed E-state index contributed by atoms with van der Waals surface area (Å²) in [5, 5.41) is 17.7. The van der Waals surface area contributed by atoms with E-state index in [1.165, 1.54) is 0 Å². The quantitative estimate of drug-likeness (QED) is 0.854. The molecular formula is C17H25N3O3. The fraction of sp³-hybridized carbons (Fsp3) is 0.588. The summed E-state index contributed by atoms with van der Waals surface area (Å²) in [5.41, 5.74) is 1.23. The zero-order valence-electron chi connectivity index (χ0n) is 14.4. The third kappa shape index (κ3) is 4.28. The zero-order chi connectivity index (χ0) is 17.2. The average Bonchev–Trinajstić information content (AvgIpc) is 2.83. The van der Waals surface area contributed by atoms with Gasteiger partial charge in [0.25, 0.3) is 11.6 Å². The molecule has 126 valence electrons. The van der Waals surface area contributed by atoms with Crippen molar-refractivity contribution < 1.29 is 14.4 Å². The molecule has 2 heterocycles. The Labute approximate surface area is 136 Å². The third-order valence-electron chi connectivity index (χ3n) is 3.88. The van der Waals surface area contributed by atoms with E-state index in [0.717, 1.165) is 6.42 Å². The first-order valence-corrected chi connectivity index (χ1v) is 7.94. The maximum atomic E-state index is 12.5. The van der Waals surface area contributed by atoms with Gasteiger partial charge in [-0.2, -0.15) is 0 Å². The number of carbonyl (C=O) groups excluding carboxylic acids is 1. The topological polar surface area (TPSA) is 88.2 Å². The Balaban J connectivity index is 2.14. The first-order chi connectivity index (χ1) is 10.7. The summed E-state index contributed by atoms with van der Waals surface area (Å²) in [6, 6.07) is 1.71. The lowest BCUT2D eigenvalue weighted by molar-refractivity contribution is 0.0429. The van der Waals surface area contributed by atoms with Crippen LogP contribution in [-0.2, 0) is 0 Å². The molecule has 2 aromatic heterocycles. The predicted molar refractivity (Wildman–Crippen MR) is 88.3 cm³/mol. The van der Waals surface area contributed by atoms with Crippen LogP contribution in [0.25, 0.3) is 11.1 Å². The minimum Gasteiger partial charge on any atom is -0.388 e.